The lowest BCUT2D eigenvalue weighted by atomic mass is 9.93. The number of para-hydroxylation sites is 1. The summed E-state index contributed by atoms with van der Waals surface area (Å²) in [5.74, 6) is 0. The van der Waals surface area contributed by atoms with E-state index in [1.165, 1.54) is 68.3 Å². The number of nitrogens with zero attached hydrogens (tertiary/aromatic N) is 2. The monoisotopic (exact) mass is 309 g/mol. The fourth-order valence-corrected chi connectivity index (χ4v) is 5.29. The first kappa shape index (κ1) is 14.1. The summed E-state index contributed by atoms with van der Waals surface area (Å²) in [5.41, 5.74) is 4.36. The molecule has 1 saturated carbocycles. The molecule has 1 aliphatic carbocycles. The molecule has 2 atom stereocenters. The van der Waals surface area contributed by atoms with Crippen LogP contribution in [0.1, 0.15) is 56.3 Å². The van der Waals surface area contributed by atoms with E-state index in [1.54, 1.807) is 5.56 Å². The van der Waals surface area contributed by atoms with Gasteiger partial charge in [0.05, 0.1) is 6.67 Å². The topological polar surface area (TPSA) is 22.3 Å². The summed E-state index contributed by atoms with van der Waals surface area (Å²) in [6, 6.07) is 10.9. The van der Waals surface area contributed by atoms with Crippen molar-refractivity contribution in [3.8, 4) is 0 Å². The van der Waals surface area contributed by atoms with Gasteiger partial charge >= 0.3 is 0 Å². The Labute approximate surface area is 138 Å². The first-order valence-electron chi connectivity index (χ1n) is 9.40. The summed E-state index contributed by atoms with van der Waals surface area (Å²) in [6.07, 6.45) is 8.37. The quantitative estimate of drug-likeness (QED) is 0.858. The number of H-pyrrole nitrogens is 1. The van der Waals surface area contributed by atoms with Crippen molar-refractivity contribution in [3.05, 3.63) is 35.5 Å². The maximum absolute atomic E-state index is 3.71. The van der Waals surface area contributed by atoms with Crippen molar-refractivity contribution in [2.45, 2.75) is 63.6 Å². The van der Waals surface area contributed by atoms with Crippen molar-refractivity contribution in [3.63, 3.8) is 0 Å². The van der Waals surface area contributed by atoms with Gasteiger partial charge in [0.2, 0.25) is 0 Å². The Hall–Kier alpha value is -1.32. The van der Waals surface area contributed by atoms with Gasteiger partial charge in [-0.1, -0.05) is 37.5 Å². The Balaban J connectivity index is 1.44. The van der Waals surface area contributed by atoms with Gasteiger partial charge in [-0.3, -0.25) is 9.80 Å². The highest BCUT2D eigenvalue weighted by Gasteiger charge is 2.41. The number of hydrogen-bond donors (Lipinski definition) is 1. The molecule has 5 rings (SSSR count). The number of hydrogen-bond acceptors (Lipinski definition) is 2. The molecule has 3 aliphatic rings. The third-order valence-corrected chi connectivity index (χ3v) is 6.55. The predicted molar refractivity (Wildman–Crippen MR) is 94.5 cm³/mol. The molecule has 1 aromatic carbocycles. The lowest BCUT2D eigenvalue weighted by molar-refractivity contribution is 0.125. The molecule has 3 heteroatoms. The molecule has 2 aromatic rings. The Morgan fingerprint density at radius 2 is 1.87 bits per heavy atom. The van der Waals surface area contributed by atoms with Gasteiger partial charge in [-0.15, -0.1) is 0 Å². The molecule has 0 amide bonds. The molecule has 23 heavy (non-hydrogen) atoms. The van der Waals surface area contributed by atoms with E-state index < -0.39 is 0 Å². The van der Waals surface area contributed by atoms with Gasteiger partial charge in [0.15, 0.2) is 0 Å². The van der Waals surface area contributed by atoms with Crippen LogP contribution in [-0.2, 0) is 6.42 Å². The van der Waals surface area contributed by atoms with E-state index in [4.69, 9.17) is 0 Å². The molecule has 1 N–H and O–H groups in total. The number of aromatic nitrogens is 1. The second kappa shape index (κ2) is 5.35. The van der Waals surface area contributed by atoms with Crippen molar-refractivity contribution in [2.75, 3.05) is 13.2 Å². The van der Waals surface area contributed by atoms with E-state index in [0.717, 1.165) is 6.04 Å². The predicted octanol–water partition coefficient (Wildman–Crippen LogP) is 4.06. The average Bonchev–Trinajstić information content (AvgIpc) is 3.18. The Morgan fingerprint density at radius 3 is 2.74 bits per heavy atom. The molecule has 1 aromatic heterocycles. The van der Waals surface area contributed by atoms with Gasteiger partial charge in [-0.25, -0.2) is 0 Å². The Kier molecular flexibility index (Phi) is 3.27. The molecule has 0 spiro atoms. The van der Waals surface area contributed by atoms with Crippen molar-refractivity contribution >= 4 is 10.9 Å². The van der Waals surface area contributed by atoms with Crippen LogP contribution >= 0.6 is 0 Å². The number of rotatable bonds is 1. The average molecular weight is 309 g/mol. The van der Waals surface area contributed by atoms with Crippen LogP contribution in [0.15, 0.2) is 24.3 Å². The van der Waals surface area contributed by atoms with Gasteiger partial charge in [0.1, 0.15) is 0 Å². The smallest absolute Gasteiger partial charge is 0.0519 e. The van der Waals surface area contributed by atoms with Gasteiger partial charge in [0.25, 0.3) is 0 Å². The highest BCUT2D eigenvalue weighted by atomic mass is 15.4. The molecular weight excluding hydrogens is 282 g/mol. The van der Waals surface area contributed by atoms with Crippen LogP contribution in [0.4, 0.5) is 0 Å². The zero-order valence-electron chi connectivity index (χ0n) is 14.1. The molecule has 2 unspecified atom stereocenters. The van der Waals surface area contributed by atoms with E-state index >= 15 is 0 Å². The Morgan fingerprint density at radius 1 is 1.04 bits per heavy atom. The van der Waals surface area contributed by atoms with Gasteiger partial charge in [-0.2, -0.15) is 0 Å². The van der Waals surface area contributed by atoms with E-state index in [1.807, 2.05) is 0 Å². The zero-order chi connectivity index (χ0) is 15.4. The Bertz CT molecular complexity index is 713. The maximum atomic E-state index is 3.71. The minimum Gasteiger partial charge on any atom is -0.357 e. The number of fused-ring (bicyclic) bond motifs is 4. The van der Waals surface area contributed by atoms with Crippen LogP contribution in [0.3, 0.4) is 0 Å². The highest BCUT2D eigenvalue weighted by Crippen LogP contribution is 2.40. The van der Waals surface area contributed by atoms with Crippen LogP contribution in [0.5, 0.6) is 0 Å². The summed E-state index contributed by atoms with van der Waals surface area (Å²) in [6.45, 7) is 4.84. The van der Waals surface area contributed by atoms with Crippen LogP contribution < -0.4 is 0 Å². The summed E-state index contributed by atoms with van der Waals surface area (Å²) >= 11 is 0. The normalized spacial score (nSPS) is 29.8. The van der Waals surface area contributed by atoms with Crippen LogP contribution in [0.25, 0.3) is 10.9 Å². The molecule has 3 heterocycles. The first-order valence-corrected chi connectivity index (χ1v) is 9.40. The van der Waals surface area contributed by atoms with Crippen LogP contribution in [-0.4, -0.2) is 40.1 Å². The van der Waals surface area contributed by atoms with Crippen LogP contribution in [0.2, 0.25) is 0 Å². The summed E-state index contributed by atoms with van der Waals surface area (Å²) in [4.78, 5) is 9.24. The van der Waals surface area contributed by atoms with Gasteiger partial charge < -0.3 is 4.98 Å². The van der Waals surface area contributed by atoms with E-state index in [-0.39, 0.29) is 0 Å². The maximum Gasteiger partial charge on any atom is 0.0519 e. The standard InChI is InChI=1S/C20H27N3/c1-14-20-18(17-9-5-6-10-19(17)21-20)11-16-12-22(13-23(14)16)15-7-3-2-4-8-15/h5-6,9-10,14-16,21H,2-4,7-8,11-13H2,1H3. The fourth-order valence-electron chi connectivity index (χ4n) is 5.29. The van der Waals surface area contributed by atoms with E-state index in [0.29, 0.717) is 12.1 Å². The second-order valence-electron chi connectivity index (χ2n) is 7.82. The zero-order valence-corrected chi connectivity index (χ0v) is 14.1. The third-order valence-electron chi connectivity index (χ3n) is 6.55. The molecule has 0 bridgehead atoms. The number of benzene rings is 1. The van der Waals surface area contributed by atoms with Crippen molar-refractivity contribution in [1.82, 2.24) is 14.8 Å². The minimum absolute atomic E-state index is 0.518. The minimum atomic E-state index is 0.518. The second-order valence-corrected chi connectivity index (χ2v) is 7.82. The van der Waals surface area contributed by atoms with Crippen LogP contribution in [0, 0.1) is 0 Å². The molecule has 2 aliphatic heterocycles. The SMILES string of the molecule is CC1c2[nH]c3ccccc3c2CC2CN(C3CCCCC3)CN21. The van der Waals surface area contributed by atoms with Crippen molar-refractivity contribution in [1.29, 1.82) is 0 Å². The van der Waals surface area contributed by atoms with Gasteiger partial charge in [0, 0.05) is 41.3 Å². The summed E-state index contributed by atoms with van der Waals surface area (Å²) in [5, 5.41) is 1.45. The number of aromatic amines is 1. The molecule has 1 saturated heterocycles. The lowest BCUT2D eigenvalue weighted by Crippen LogP contribution is -2.39. The van der Waals surface area contributed by atoms with E-state index in [9.17, 15) is 0 Å². The molecule has 3 nitrogen and oxygen atoms in total. The van der Waals surface area contributed by atoms with Gasteiger partial charge in [-0.05, 0) is 37.8 Å². The molecular formula is C20H27N3. The molecule has 122 valence electrons. The lowest BCUT2D eigenvalue weighted by Gasteiger charge is -2.35. The largest absolute Gasteiger partial charge is 0.357 e. The van der Waals surface area contributed by atoms with Crippen molar-refractivity contribution < 1.29 is 0 Å². The summed E-state index contributed by atoms with van der Waals surface area (Å²) < 4.78 is 0. The highest BCUT2D eigenvalue weighted by molar-refractivity contribution is 5.85. The third kappa shape index (κ3) is 2.17. The van der Waals surface area contributed by atoms with E-state index in [2.05, 4.69) is 46.0 Å². The summed E-state index contributed by atoms with van der Waals surface area (Å²) in [7, 11) is 0. The fraction of sp³-hybridized carbons (Fsp3) is 0.600. The van der Waals surface area contributed by atoms with Crippen molar-refractivity contribution in [2.24, 2.45) is 0 Å². The molecule has 2 fully saturated rings. The number of nitrogens with one attached hydrogen (secondary N) is 1. The first-order chi connectivity index (χ1) is 11.3. The molecule has 0 radical (unpaired) electrons.